The van der Waals surface area contributed by atoms with Gasteiger partial charge in [-0.2, -0.15) is 0 Å². The highest BCUT2D eigenvalue weighted by atomic mass is 19.3. The van der Waals surface area contributed by atoms with E-state index < -0.39 is 29.9 Å². The minimum atomic E-state index is -2.93. The molecular formula is C44H48F2N2O5. The quantitative estimate of drug-likeness (QED) is 0.161. The number of carboxylic acids is 1. The average molecular weight is 723 g/mol. The third-order valence-corrected chi connectivity index (χ3v) is 10.6. The van der Waals surface area contributed by atoms with Crippen molar-refractivity contribution < 1.29 is 33.0 Å². The van der Waals surface area contributed by atoms with E-state index >= 15 is 0 Å². The van der Waals surface area contributed by atoms with Gasteiger partial charge in [0.25, 0.3) is 5.92 Å². The van der Waals surface area contributed by atoms with E-state index in [2.05, 4.69) is 38.2 Å². The second-order valence-electron chi connectivity index (χ2n) is 15.7. The Morgan fingerprint density at radius 3 is 1.98 bits per heavy atom. The summed E-state index contributed by atoms with van der Waals surface area (Å²) in [5, 5.41) is 12.9. The highest BCUT2D eigenvalue weighted by molar-refractivity contribution is 5.91. The number of nitrogens with zero attached hydrogens (tertiary/aromatic N) is 1. The molecule has 1 fully saturated rings. The summed E-state index contributed by atoms with van der Waals surface area (Å²) in [4.78, 5) is 41.9. The molecule has 0 radical (unpaired) electrons. The molecule has 0 bridgehead atoms. The van der Waals surface area contributed by atoms with E-state index in [0.717, 1.165) is 54.9 Å². The van der Waals surface area contributed by atoms with E-state index in [9.17, 15) is 28.3 Å². The molecule has 4 aromatic rings. The van der Waals surface area contributed by atoms with Crippen LogP contribution in [0.5, 0.6) is 11.5 Å². The lowest BCUT2D eigenvalue weighted by atomic mass is 9.87. The summed E-state index contributed by atoms with van der Waals surface area (Å²) in [5.74, 6) is -3.12. The normalized spacial score (nSPS) is 16.9. The topological polar surface area (TPSA) is 95.9 Å². The smallest absolute Gasteiger partial charge is 0.326 e. The number of benzene rings is 4. The fraction of sp³-hybridized carbons (Fsp3) is 0.386. The van der Waals surface area contributed by atoms with Gasteiger partial charge in [-0.15, -0.1) is 0 Å². The zero-order valence-corrected chi connectivity index (χ0v) is 30.8. The molecule has 53 heavy (non-hydrogen) atoms. The molecule has 0 unspecified atom stereocenters. The maximum absolute atomic E-state index is 14.0. The van der Waals surface area contributed by atoms with Gasteiger partial charge in [-0.3, -0.25) is 9.59 Å². The Kier molecular flexibility index (Phi) is 11.0. The zero-order valence-electron chi connectivity index (χ0n) is 30.8. The molecule has 0 aromatic heterocycles. The van der Waals surface area contributed by atoms with Crippen molar-refractivity contribution in [2.45, 2.75) is 103 Å². The number of ether oxygens (including phenoxy) is 1. The second kappa shape index (κ2) is 15.5. The number of aliphatic carboxylic acids is 1. The summed E-state index contributed by atoms with van der Waals surface area (Å²) in [7, 11) is 0. The molecule has 1 heterocycles. The standard InChI is InChI=1S/C44H48F2N2O5/c1-43(2,3)34-18-21-36(22-19-34)53-37-20-15-32-26-39(48(27-33(32)25-37)40(49)24-28-7-5-6-8-28)41(50)47-38(42(51)52)23-29-9-11-30(12-10-29)31-13-16-35(17-14-31)44(4,45)46/h9-22,25,28,38-39H,5-8,23-24,26-27H2,1-4H3,(H,47,50)(H,51,52)/t38-,39-/m0/s1. The number of hydrogen-bond donors (Lipinski definition) is 2. The number of nitrogens with one attached hydrogen (secondary N) is 1. The first-order valence-electron chi connectivity index (χ1n) is 18.4. The Bertz CT molecular complexity index is 1920. The van der Waals surface area contributed by atoms with E-state index in [1.807, 2.05) is 30.3 Å². The predicted molar refractivity (Wildman–Crippen MR) is 201 cm³/mol. The van der Waals surface area contributed by atoms with Crippen LogP contribution in [0.25, 0.3) is 11.1 Å². The Hall–Kier alpha value is -5.05. The van der Waals surface area contributed by atoms with Gasteiger partial charge in [-0.1, -0.05) is 100 Å². The molecule has 0 saturated heterocycles. The fourth-order valence-electron chi connectivity index (χ4n) is 7.35. The number of halogens is 2. The molecule has 1 aliphatic heterocycles. The predicted octanol–water partition coefficient (Wildman–Crippen LogP) is 9.20. The van der Waals surface area contributed by atoms with Crippen molar-refractivity contribution in [1.82, 2.24) is 10.2 Å². The maximum atomic E-state index is 14.0. The Labute approximate surface area is 310 Å². The molecule has 0 spiro atoms. The molecule has 2 atom stereocenters. The lowest BCUT2D eigenvalue weighted by Crippen LogP contribution is -2.56. The largest absolute Gasteiger partial charge is 0.480 e. The van der Waals surface area contributed by atoms with E-state index in [4.69, 9.17) is 4.74 Å². The van der Waals surface area contributed by atoms with Crippen molar-refractivity contribution in [3.8, 4) is 22.6 Å². The van der Waals surface area contributed by atoms with Gasteiger partial charge in [0.05, 0.1) is 0 Å². The third kappa shape index (κ3) is 9.31. The van der Waals surface area contributed by atoms with Gasteiger partial charge in [0.1, 0.15) is 23.6 Å². The molecule has 2 N–H and O–H groups in total. The van der Waals surface area contributed by atoms with Gasteiger partial charge in [0.2, 0.25) is 11.8 Å². The molecule has 1 saturated carbocycles. The molecule has 4 aromatic carbocycles. The van der Waals surface area contributed by atoms with Gasteiger partial charge >= 0.3 is 5.97 Å². The van der Waals surface area contributed by atoms with Crippen molar-refractivity contribution in [3.63, 3.8) is 0 Å². The molecule has 9 heteroatoms. The summed E-state index contributed by atoms with van der Waals surface area (Å²) in [6.45, 7) is 7.55. The van der Waals surface area contributed by atoms with Crippen LogP contribution in [0.4, 0.5) is 8.78 Å². The highest BCUT2D eigenvalue weighted by Crippen LogP contribution is 2.34. The third-order valence-electron chi connectivity index (χ3n) is 10.6. The van der Waals surface area contributed by atoms with E-state index in [-0.39, 0.29) is 42.2 Å². The minimum absolute atomic E-state index is 0.0215. The molecule has 278 valence electrons. The van der Waals surface area contributed by atoms with Crippen LogP contribution in [-0.2, 0) is 45.1 Å². The number of hydrogen-bond acceptors (Lipinski definition) is 4. The molecular weight excluding hydrogens is 674 g/mol. The Balaban J connectivity index is 1.17. The lowest BCUT2D eigenvalue weighted by molar-refractivity contribution is -0.145. The number of carbonyl (C=O) groups is 3. The molecule has 7 nitrogen and oxygen atoms in total. The maximum Gasteiger partial charge on any atom is 0.326 e. The van der Waals surface area contributed by atoms with Crippen LogP contribution in [-0.4, -0.2) is 39.9 Å². The molecule has 2 aliphatic rings. The van der Waals surface area contributed by atoms with Crippen molar-refractivity contribution >= 4 is 17.8 Å². The number of carboxylic acid groups (broad SMARTS) is 1. The van der Waals surface area contributed by atoms with Crippen LogP contribution in [0, 0.1) is 5.92 Å². The van der Waals surface area contributed by atoms with Crippen LogP contribution in [0.3, 0.4) is 0 Å². The zero-order chi connectivity index (χ0) is 37.9. The first kappa shape index (κ1) is 37.7. The van der Waals surface area contributed by atoms with Crippen molar-refractivity contribution in [2.24, 2.45) is 5.92 Å². The summed E-state index contributed by atoms with van der Waals surface area (Å²) < 4.78 is 33.5. The number of fused-ring (bicyclic) bond motifs is 1. The number of alkyl halides is 2. The lowest BCUT2D eigenvalue weighted by Gasteiger charge is -2.37. The number of carbonyl (C=O) groups excluding carboxylic acids is 2. The first-order chi connectivity index (χ1) is 25.1. The van der Waals surface area contributed by atoms with Crippen LogP contribution < -0.4 is 10.1 Å². The number of rotatable bonds is 11. The van der Waals surface area contributed by atoms with Crippen LogP contribution in [0.2, 0.25) is 0 Å². The fourth-order valence-corrected chi connectivity index (χ4v) is 7.35. The summed E-state index contributed by atoms with van der Waals surface area (Å²) in [6.07, 6.45) is 4.79. The second-order valence-corrected chi connectivity index (χ2v) is 15.7. The van der Waals surface area contributed by atoms with Gasteiger partial charge in [0.15, 0.2) is 0 Å². The van der Waals surface area contributed by atoms with Gasteiger partial charge < -0.3 is 20.1 Å². The average Bonchev–Trinajstić information content (AvgIpc) is 3.63. The van der Waals surface area contributed by atoms with E-state index in [1.54, 1.807) is 41.3 Å². The Morgan fingerprint density at radius 1 is 0.811 bits per heavy atom. The molecule has 1 aliphatic carbocycles. The summed E-state index contributed by atoms with van der Waals surface area (Å²) >= 11 is 0. The summed E-state index contributed by atoms with van der Waals surface area (Å²) in [6, 6.07) is 24.8. The number of amides is 2. The Morgan fingerprint density at radius 2 is 1.40 bits per heavy atom. The van der Waals surface area contributed by atoms with Crippen LogP contribution in [0.15, 0.2) is 91.0 Å². The van der Waals surface area contributed by atoms with Crippen molar-refractivity contribution in [1.29, 1.82) is 0 Å². The van der Waals surface area contributed by atoms with E-state index in [1.165, 1.54) is 17.7 Å². The van der Waals surface area contributed by atoms with Crippen molar-refractivity contribution in [3.05, 3.63) is 119 Å². The first-order valence-corrected chi connectivity index (χ1v) is 18.4. The van der Waals surface area contributed by atoms with Crippen LogP contribution >= 0.6 is 0 Å². The molecule has 2 amide bonds. The SMILES string of the molecule is CC(C)(C)c1ccc(Oc2ccc3c(c2)CN(C(=O)CC2CCCC2)[C@H](C(=O)N[C@@H](Cc2ccc(-c4ccc(C(C)(F)F)cc4)cc2)C(=O)O)C3)cc1. The van der Waals surface area contributed by atoms with Gasteiger partial charge in [-0.05, 0) is 81.8 Å². The van der Waals surface area contributed by atoms with Gasteiger partial charge in [0, 0.05) is 38.3 Å². The molecule has 6 rings (SSSR count). The summed E-state index contributed by atoms with van der Waals surface area (Å²) in [5.41, 5.74) is 5.17. The van der Waals surface area contributed by atoms with E-state index in [0.29, 0.717) is 23.5 Å². The minimum Gasteiger partial charge on any atom is -0.480 e. The van der Waals surface area contributed by atoms with Crippen LogP contribution in [0.1, 0.15) is 87.6 Å². The highest BCUT2D eigenvalue weighted by Gasteiger charge is 2.37. The van der Waals surface area contributed by atoms with Gasteiger partial charge in [-0.25, -0.2) is 13.6 Å². The van der Waals surface area contributed by atoms with Crippen molar-refractivity contribution in [2.75, 3.05) is 0 Å². The monoisotopic (exact) mass is 722 g/mol.